The summed E-state index contributed by atoms with van der Waals surface area (Å²) >= 11 is 0. The lowest BCUT2D eigenvalue weighted by atomic mass is 10.0. The molecule has 0 unspecified atom stereocenters. The molecule has 5 heteroatoms. The largest absolute Gasteiger partial charge is 0.451 e. The van der Waals surface area contributed by atoms with Crippen LogP contribution in [0.1, 0.15) is 13.8 Å². The van der Waals surface area contributed by atoms with Gasteiger partial charge in [0.25, 0.3) is 5.78 Å². The Labute approximate surface area is 62.6 Å². The van der Waals surface area contributed by atoms with Gasteiger partial charge in [0.1, 0.15) is 0 Å². The molecule has 2 N–H and O–H groups in total. The van der Waals surface area contributed by atoms with Crippen molar-refractivity contribution in [2.75, 3.05) is 0 Å². The average molecular weight is 169 g/mol. The molecule has 0 aliphatic heterocycles. The number of ketones is 1. The minimum atomic E-state index is -4.80. The molecule has 0 aromatic carbocycles. The molecule has 11 heavy (non-hydrogen) atoms. The topological polar surface area (TPSA) is 43.1 Å². The SMILES string of the molecule is CC(C)[C@H](N)C(=O)C(F)(F)F. The van der Waals surface area contributed by atoms with Gasteiger partial charge in [0.2, 0.25) is 0 Å². The van der Waals surface area contributed by atoms with E-state index >= 15 is 0 Å². The van der Waals surface area contributed by atoms with E-state index in [4.69, 9.17) is 5.73 Å². The number of carbonyl (C=O) groups excluding carboxylic acids is 1. The number of carbonyl (C=O) groups is 1. The molecule has 2 nitrogen and oxygen atoms in total. The summed E-state index contributed by atoms with van der Waals surface area (Å²) < 4.78 is 34.9. The molecule has 66 valence electrons. The Morgan fingerprint density at radius 3 is 1.82 bits per heavy atom. The van der Waals surface area contributed by atoms with Crippen molar-refractivity contribution >= 4 is 5.78 Å². The second-order valence-corrected chi connectivity index (χ2v) is 2.63. The summed E-state index contributed by atoms with van der Waals surface area (Å²) in [6, 6.07) is -1.44. The van der Waals surface area contributed by atoms with Crippen LogP contribution >= 0.6 is 0 Å². The molecule has 0 heterocycles. The number of hydrogen-bond donors (Lipinski definition) is 1. The predicted molar refractivity (Wildman–Crippen MR) is 33.9 cm³/mol. The second kappa shape index (κ2) is 3.21. The zero-order chi connectivity index (χ0) is 9.23. The molecule has 0 spiro atoms. The zero-order valence-corrected chi connectivity index (χ0v) is 6.27. The van der Waals surface area contributed by atoms with Crippen LogP contribution in [0.2, 0.25) is 0 Å². The fraction of sp³-hybridized carbons (Fsp3) is 0.833. The maximum absolute atomic E-state index is 11.6. The first-order valence-corrected chi connectivity index (χ1v) is 3.13. The summed E-state index contributed by atoms with van der Waals surface area (Å²) in [5, 5.41) is 0. The monoisotopic (exact) mass is 169 g/mol. The van der Waals surface area contributed by atoms with Crippen LogP contribution in [0.4, 0.5) is 13.2 Å². The highest BCUT2D eigenvalue weighted by Gasteiger charge is 2.42. The lowest BCUT2D eigenvalue weighted by molar-refractivity contribution is -0.173. The van der Waals surface area contributed by atoms with Crippen molar-refractivity contribution in [3.8, 4) is 0 Å². The molecule has 0 bridgehead atoms. The standard InChI is InChI=1S/C6H10F3NO/c1-3(2)4(10)5(11)6(7,8)9/h3-4H,10H2,1-2H3/t4-/m0/s1. The van der Waals surface area contributed by atoms with E-state index in [1.165, 1.54) is 13.8 Å². The van der Waals surface area contributed by atoms with Crippen LogP contribution in [-0.4, -0.2) is 18.0 Å². The molecule has 0 aliphatic carbocycles. The van der Waals surface area contributed by atoms with Crippen LogP contribution < -0.4 is 5.73 Å². The molecule has 0 fully saturated rings. The van der Waals surface area contributed by atoms with Gasteiger partial charge in [0.15, 0.2) is 0 Å². The second-order valence-electron chi connectivity index (χ2n) is 2.63. The Kier molecular flexibility index (Phi) is 3.04. The number of alkyl halides is 3. The summed E-state index contributed by atoms with van der Waals surface area (Å²) in [5.74, 6) is -2.34. The predicted octanol–water partition coefficient (Wildman–Crippen LogP) is 1.10. The third kappa shape index (κ3) is 2.88. The summed E-state index contributed by atoms with van der Waals surface area (Å²) in [6.45, 7) is 2.93. The van der Waals surface area contributed by atoms with Crippen LogP contribution in [0.3, 0.4) is 0 Å². The van der Waals surface area contributed by atoms with Crippen LogP contribution in [0.15, 0.2) is 0 Å². The van der Waals surface area contributed by atoms with Gasteiger partial charge in [-0.1, -0.05) is 13.8 Å². The van der Waals surface area contributed by atoms with Gasteiger partial charge >= 0.3 is 6.18 Å². The van der Waals surface area contributed by atoms with Crippen molar-refractivity contribution in [3.63, 3.8) is 0 Å². The average Bonchev–Trinajstić information content (AvgIpc) is 1.82. The van der Waals surface area contributed by atoms with E-state index in [-0.39, 0.29) is 0 Å². The maximum Gasteiger partial charge on any atom is 0.451 e. The van der Waals surface area contributed by atoms with Crippen LogP contribution in [0, 0.1) is 5.92 Å². The molecule has 0 aromatic rings. The van der Waals surface area contributed by atoms with Crippen molar-refractivity contribution in [1.29, 1.82) is 0 Å². The summed E-state index contributed by atoms with van der Waals surface area (Å²) in [4.78, 5) is 10.4. The summed E-state index contributed by atoms with van der Waals surface area (Å²) in [7, 11) is 0. The van der Waals surface area contributed by atoms with E-state index in [0.717, 1.165) is 0 Å². The Bertz CT molecular complexity index is 152. The number of rotatable bonds is 2. The lowest BCUT2D eigenvalue weighted by Gasteiger charge is -2.15. The molecule has 0 saturated heterocycles. The molecule has 0 aromatic heterocycles. The number of halogens is 3. The van der Waals surface area contributed by atoms with Gasteiger partial charge in [-0.25, -0.2) is 0 Å². The Morgan fingerprint density at radius 1 is 1.36 bits per heavy atom. The van der Waals surface area contributed by atoms with Gasteiger partial charge < -0.3 is 5.73 Å². The van der Waals surface area contributed by atoms with Crippen molar-refractivity contribution < 1.29 is 18.0 Å². The Hall–Kier alpha value is -0.580. The van der Waals surface area contributed by atoms with E-state index < -0.39 is 23.9 Å². The zero-order valence-electron chi connectivity index (χ0n) is 6.27. The number of hydrogen-bond acceptors (Lipinski definition) is 2. The summed E-state index contributed by atoms with van der Waals surface area (Å²) in [6.07, 6.45) is -4.80. The fourth-order valence-electron chi connectivity index (χ4n) is 0.492. The molecule has 0 amide bonds. The van der Waals surface area contributed by atoms with Crippen LogP contribution in [-0.2, 0) is 4.79 Å². The van der Waals surface area contributed by atoms with Gasteiger partial charge in [-0.3, -0.25) is 4.79 Å². The van der Waals surface area contributed by atoms with Crippen molar-refractivity contribution in [3.05, 3.63) is 0 Å². The number of nitrogens with two attached hydrogens (primary N) is 1. The normalized spacial score (nSPS) is 15.2. The highest BCUT2D eigenvalue weighted by atomic mass is 19.4. The van der Waals surface area contributed by atoms with E-state index in [2.05, 4.69) is 0 Å². The molecule has 0 rings (SSSR count). The van der Waals surface area contributed by atoms with Crippen molar-refractivity contribution in [1.82, 2.24) is 0 Å². The van der Waals surface area contributed by atoms with Gasteiger partial charge in [0, 0.05) is 0 Å². The highest BCUT2D eigenvalue weighted by molar-refractivity contribution is 5.89. The first kappa shape index (κ1) is 10.4. The van der Waals surface area contributed by atoms with E-state index in [9.17, 15) is 18.0 Å². The van der Waals surface area contributed by atoms with Gasteiger partial charge in [0.05, 0.1) is 6.04 Å². The first-order valence-electron chi connectivity index (χ1n) is 3.13. The third-order valence-corrected chi connectivity index (χ3v) is 1.30. The third-order valence-electron chi connectivity index (χ3n) is 1.30. The van der Waals surface area contributed by atoms with E-state index in [1.54, 1.807) is 0 Å². The molecule has 0 saturated carbocycles. The van der Waals surface area contributed by atoms with Crippen molar-refractivity contribution in [2.24, 2.45) is 11.7 Å². The smallest absolute Gasteiger partial charge is 0.321 e. The quantitative estimate of drug-likeness (QED) is 0.672. The van der Waals surface area contributed by atoms with Gasteiger partial charge in [-0.2, -0.15) is 13.2 Å². The lowest BCUT2D eigenvalue weighted by Crippen LogP contribution is -2.43. The maximum atomic E-state index is 11.6. The van der Waals surface area contributed by atoms with E-state index in [0.29, 0.717) is 0 Å². The van der Waals surface area contributed by atoms with E-state index in [1.807, 2.05) is 0 Å². The Morgan fingerprint density at radius 2 is 1.73 bits per heavy atom. The highest BCUT2D eigenvalue weighted by Crippen LogP contribution is 2.19. The van der Waals surface area contributed by atoms with Gasteiger partial charge in [-0.05, 0) is 5.92 Å². The molecule has 1 atom stereocenters. The minimum absolute atomic E-state index is 0.482. The molecular formula is C6H10F3NO. The van der Waals surface area contributed by atoms with Crippen molar-refractivity contribution in [2.45, 2.75) is 26.1 Å². The molecule has 0 aliphatic rings. The van der Waals surface area contributed by atoms with Crippen LogP contribution in [0.5, 0.6) is 0 Å². The molecule has 0 radical (unpaired) electrons. The van der Waals surface area contributed by atoms with Gasteiger partial charge in [-0.15, -0.1) is 0 Å². The minimum Gasteiger partial charge on any atom is -0.321 e. The Balaban J connectivity index is 4.26. The number of Topliss-reactive ketones (excluding diaryl/α,β-unsaturated/α-hetero) is 1. The first-order chi connectivity index (χ1) is 4.76. The van der Waals surface area contributed by atoms with Crippen LogP contribution in [0.25, 0.3) is 0 Å². The fourth-order valence-corrected chi connectivity index (χ4v) is 0.492. The molecular weight excluding hydrogens is 159 g/mol. The summed E-state index contributed by atoms with van der Waals surface area (Å²) in [5.41, 5.74) is 4.98.